The zero-order valence-electron chi connectivity index (χ0n) is 13.1. The van der Waals surface area contributed by atoms with Crippen LogP contribution >= 0.6 is 0 Å². The SMILES string of the molecule is O=C(O)Cc1cccc(C=CCNC(=O)OCc2ccccc2)c1. The van der Waals surface area contributed by atoms with E-state index < -0.39 is 12.1 Å². The van der Waals surface area contributed by atoms with Gasteiger partial charge in [0.1, 0.15) is 6.61 Å². The van der Waals surface area contributed by atoms with Gasteiger partial charge in [-0.25, -0.2) is 4.79 Å². The highest BCUT2D eigenvalue weighted by Crippen LogP contribution is 2.08. The van der Waals surface area contributed by atoms with Gasteiger partial charge in [0.15, 0.2) is 0 Å². The van der Waals surface area contributed by atoms with Crippen LogP contribution in [0.5, 0.6) is 0 Å². The van der Waals surface area contributed by atoms with E-state index in [1.165, 1.54) is 0 Å². The molecule has 0 saturated carbocycles. The van der Waals surface area contributed by atoms with Gasteiger partial charge in [0.25, 0.3) is 0 Å². The van der Waals surface area contributed by atoms with Crippen molar-refractivity contribution < 1.29 is 19.4 Å². The number of rotatable bonds is 7. The molecule has 0 aliphatic rings. The molecule has 0 atom stereocenters. The molecule has 2 aromatic carbocycles. The average Bonchev–Trinajstić information content (AvgIpc) is 2.58. The maximum atomic E-state index is 11.6. The summed E-state index contributed by atoms with van der Waals surface area (Å²) < 4.78 is 5.09. The normalized spacial score (nSPS) is 10.5. The van der Waals surface area contributed by atoms with Crippen molar-refractivity contribution in [2.45, 2.75) is 13.0 Å². The number of carboxylic acids is 1. The number of benzene rings is 2. The Hall–Kier alpha value is -3.08. The zero-order chi connectivity index (χ0) is 17.2. The first-order valence-electron chi connectivity index (χ1n) is 7.55. The first-order valence-corrected chi connectivity index (χ1v) is 7.55. The maximum absolute atomic E-state index is 11.6. The van der Waals surface area contributed by atoms with Crippen LogP contribution in [0.4, 0.5) is 4.79 Å². The Bertz CT molecular complexity index is 710. The fourth-order valence-corrected chi connectivity index (χ4v) is 2.09. The third-order valence-corrected chi connectivity index (χ3v) is 3.19. The molecule has 2 N–H and O–H groups in total. The van der Waals surface area contributed by atoms with Crippen molar-refractivity contribution in [3.63, 3.8) is 0 Å². The van der Waals surface area contributed by atoms with Gasteiger partial charge in [-0.2, -0.15) is 0 Å². The van der Waals surface area contributed by atoms with Crippen LogP contribution in [0.25, 0.3) is 6.08 Å². The zero-order valence-corrected chi connectivity index (χ0v) is 13.1. The van der Waals surface area contributed by atoms with Gasteiger partial charge in [-0.1, -0.05) is 66.7 Å². The Morgan fingerprint density at radius 3 is 2.54 bits per heavy atom. The fourth-order valence-electron chi connectivity index (χ4n) is 2.09. The molecule has 0 bridgehead atoms. The van der Waals surface area contributed by atoms with E-state index in [9.17, 15) is 9.59 Å². The van der Waals surface area contributed by atoms with Gasteiger partial charge in [-0.15, -0.1) is 0 Å². The molecule has 0 aromatic heterocycles. The first kappa shape index (κ1) is 17.3. The molecule has 24 heavy (non-hydrogen) atoms. The lowest BCUT2D eigenvalue weighted by Crippen LogP contribution is -2.24. The minimum atomic E-state index is -0.862. The van der Waals surface area contributed by atoms with Crippen molar-refractivity contribution in [3.05, 3.63) is 77.4 Å². The molecule has 0 saturated heterocycles. The lowest BCUT2D eigenvalue weighted by molar-refractivity contribution is -0.136. The van der Waals surface area contributed by atoms with Gasteiger partial charge in [0, 0.05) is 6.54 Å². The lowest BCUT2D eigenvalue weighted by Gasteiger charge is -2.05. The molecule has 0 heterocycles. The van der Waals surface area contributed by atoms with Crippen LogP contribution in [0.1, 0.15) is 16.7 Å². The van der Waals surface area contributed by atoms with Gasteiger partial charge in [-0.3, -0.25) is 4.79 Å². The van der Waals surface area contributed by atoms with Crippen LogP contribution in [-0.2, 0) is 22.6 Å². The Morgan fingerprint density at radius 1 is 1.04 bits per heavy atom. The topological polar surface area (TPSA) is 75.6 Å². The molecule has 0 fully saturated rings. The molecule has 0 radical (unpaired) electrons. The molecule has 2 aromatic rings. The second-order valence-corrected chi connectivity index (χ2v) is 5.16. The van der Waals surface area contributed by atoms with Gasteiger partial charge in [-0.05, 0) is 16.7 Å². The number of aliphatic carboxylic acids is 1. The van der Waals surface area contributed by atoms with Gasteiger partial charge in [0.05, 0.1) is 6.42 Å². The molecule has 0 spiro atoms. The number of carboxylic acid groups (broad SMARTS) is 1. The fraction of sp³-hybridized carbons (Fsp3) is 0.158. The van der Waals surface area contributed by atoms with Crippen LogP contribution in [0.2, 0.25) is 0 Å². The van der Waals surface area contributed by atoms with E-state index in [0.717, 1.165) is 16.7 Å². The maximum Gasteiger partial charge on any atom is 0.407 e. The standard InChI is InChI=1S/C19H19NO4/c21-18(22)13-17-9-4-8-15(12-17)10-5-11-20-19(23)24-14-16-6-2-1-3-7-16/h1-10,12H,11,13-14H2,(H,20,23)(H,21,22). The first-order chi connectivity index (χ1) is 11.6. The number of alkyl carbamates (subject to hydrolysis) is 1. The molecule has 124 valence electrons. The summed E-state index contributed by atoms with van der Waals surface area (Å²) in [5, 5.41) is 11.4. The highest BCUT2D eigenvalue weighted by molar-refractivity contribution is 5.70. The number of carbonyl (C=O) groups excluding carboxylic acids is 1. The minimum Gasteiger partial charge on any atom is -0.481 e. The van der Waals surface area contributed by atoms with E-state index in [2.05, 4.69) is 5.32 Å². The van der Waals surface area contributed by atoms with E-state index in [1.54, 1.807) is 24.3 Å². The molecular formula is C19H19NO4. The second kappa shape index (κ2) is 9.15. The Labute approximate surface area is 140 Å². The van der Waals surface area contributed by atoms with Gasteiger partial charge >= 0.3 is 12.1 Å². The molecule has 0 aliphatic carbocycles. The van der Waals surface area contributed by atoms with E-state index in [-0.39, 0.29) is 13.0 Å². The number of ether oxygens (including phenoxy) is 1. The summed E-state index contributed by atoms with van der Waals surface area (Å²) in [6.45, 7) is 0.560. The quantitative estimate of drug-likeness (QED) is 0.819. The summed E-state index contributed by atoms with van der Waals surface area (Å²) in [5.41, 5.74) is 2.55. The third-order valence-electron chi connectivity index (χ3n) is 3.19. The van der Waals surface area contributed by atoms with Crippen LogP contribution < -0.4 is 5.32 Å². The van der Waals surface area contributed by atoms with E-state index in [1.807, 2.05) is 42.5 Å². The van der Waals surface area contributed by atoms with Crippen molar-refractivity contribution in [1.82, 2.24) is 5.32 Å². The third kappa shape index (κ3) is 6.36. The number of carbonyl (C=O) groups is 2. The second-order valence-electron chi connectivity index (χ2n) is 5.16. The largest absolute Gasteiger partial charge is 0.481 e. The molecule has 0 aliphatic heterocycles. The van der Waals surface area contributed by atoms with Crippen LogP contribution in [-0.4, -0.2) is 23.7 Å². The highest BCUT2D eigenvalue weighted by atomic mass is 16.5. The van der Waals surface area contributed by atoms with Crippen molar-refractivity contribution in [2.24, 2.45) is 0 Å². The van der Waals surface area contributed by atoms with Gasteiger partial charge in [0.2, 0.25) is 0 Å². The predicted molar refractivity (Wildman–Crippen MR) is 91.4 cm³/mol. The van der Waals surface area contributed by atoms with Crippen molar-refractivity contribution in [1.29, 1.82) is 0 Å². The molecular weight excluding hydrogens is 306 g/mol. The number of nitrogens with one attached hydrogen (secondary N) is 1. The molecule has 1 amide bonds. The Balaban J connectivity index is 1.74. The van der Waals surface area contributed by atoms with Crippen LogP contribution in [0.15, 0.2) is 60.7 Å². The summed E-state index contributed by atoms with van der Waals surface area (Å²) in [6.07, 6.45) is 3.11. The summed E-state index contributed by atoms with van der Waals surface area (Å²) in [7, 11) is 0. The van der Waals surface area contributed by atoms with E-state index in [4.69, 9.17) is 9.84 Å². The van der Waals surface area contributed by atoms with E-state index >= 15 is 0 Å². The minimum absolute atomic E-state index is 0.00819. The van der Waals surface area contributed by atoms with Crippen molar-refractivity contribution in [3.8, 4) is 0 Å². The summed E-state index contributed by atoms with van der Waals surface area (Å²) >= 11 is 0. The molecule has 5 nitrogen and oxygen atoms in total. The number of hydrogen-bond acceptors (Lipinski definition) is 3. The monoisotopic (exact) mass is 325 g/mol. The predicted octanol–water partition coefficient (Wildman–Crippen LogP) is 3.25. The Kier molecular flexibility index (Phi) is 6.58. The average molecular weight is 325 g/mol. The lowest BCUT2D eigenvalue weighted by atomic mass is 10.1. The highest BCUT2D eigenvalue weighted by Gasteiger charge is 2.01. The summed E-state index contributed by atoms with van der Waals surface area (Å²) in [6, 6.07) is 16.7. The summed E-state index contributed by atoms with van der Waals surface area (Å²) in [5.74, 6) is -0.862. The summed E-state index contributed by atoms with van der Waals surface area (Å²) in [4.78, 5) is 22.3. The van der Waals surface area contributed by atoms with Gasteiger partial charge < -0.3 is 15.2 Å². The number of amides is 1. The molecule has 2 rings (SSSR count). The molecule has 5 heteroatoms. The van der Waals surface area contributed by atoms with Crippen LogP contribution in [0.3, 0.4) is 0 Å². The number of hydrogen-bond donors (Lipinski definition) is 2. The smallest absolute Gasteiger partial charge is 0.407 e. The van der Waals surface area contributed by atoms with Crippen molar-refractivity contribution in [2.75, 3.05) is 6.54 Å². The van der Waals surface area contributed by atoms with E-state index in [0.29, 0.717) is 6.54 Å². The van der Waals surface area contributed by atoms with Crippen molar-refractivity contribution >= 4 is 18.1 Å². The molecule has 0 unspecified atom stereocenters. The van der Waals surface area contributed by atoms with Crippen LogP contribution in [0, 0.1) is 0 Å². The Morgan fingerprint density at radius 2 is 1.79 bits per heavy atom.